The Morgan fingerprint density at radius 3 is 2.56 bits per heavy atom. The third-order valence-corrected chi connectivity index (χ3v) is 5.12. The topological polar surface area (TPSA) is 63.4 Å². The van der Waals surface area contributed by atoms with E-state index in [0.717, 1.165) is 10.7 Å². The normalized spacial score (nSPS) is 27.4. The first-order valence-electron chi connectivity index (χ1n) is 5.95. The highest BCUT2D eigenvalue weighted by Gasteiger charge is 2.34. The molecule has 0 aromatic heterocycles. The monoisotopic (exact) mass is 288 g/mol. The molecule has 1 heterocycles. The van der Waals surface area contributed by atoms with Crippen LogP contribution in [-0.2, 0) is 10.0 Å². The van der Waals surface area contributed by atoms with Gasteiger partial charge in [0, 0.05) is 13.0 Å². The third-order valence-electron chi connectivity index (χ3n) is 3.17. The Morgan fingerprint density at radius 1 is 1.39 bits per heavy atom. The largest absolute Gasteiger partial charge is 0.389 e. The van der Waals surface area contributed by atoms with E-state index in [-0.39, 0.29) is 5.92 Å². The highest BCUT2D eigenvalue weighted by atomic mass is 32.2. The summed E-state index contributed by atoms with van der Waals surface area (Å²) in [5.41, 5.74) is 5.79. The molecule has 0 radical (unpaired) electrons. The number of piperidine rings is 1. The summed E-state index contributed by atoms with van der Waals surface area (Å²) in [6, 6.07) is 0. The van der Waals surface area contributed by atoms with Gasteiger partial charge in [0.15, 0.2) is 0 Å². The summed E-state index contributed by atoms with van der Waals surface area (Å²) < 4.78 is 60.9. The van der Waals surface area contributed by atoms with Crippen molar-refractivity contribution < 1.29 is 21.6 Å². The highest BCUT2D eigenvalue weighted by Crippen LogP contribution is 2.25. The zero-order chi connectivity index (χ0) is 14.0. The number of halogens is 3. The van der Waals surface area contributed by atoms with E-state index in [9.17, 15) is 21.6 Å². The Hall–Kier alpha value is -0.340. The second-order valence-electron chi connectivity index (χ2n) is 4.76. The first kappa shape index (κ1) is 15.7. The molecular weight excluding hydrogens is 269 g/mol. The molecule has 2 N–H and O–H groups in total. The molecule has 0 aliphatic carbocycles. The van der Waals surface area contributed by atoms with E-state index in [4.69, 9.17) is 5.73 Å². The lowest BCUT2D eigenvalue weighted by molar-refractivity contribution is -0.134. The zero-order valence-corrected chi connectivity index (χ0v) is 11.1. The van der Waals surface area contributed by atoms with Crippen LogP contribution in [0.2, 0.25) is 0 Å². The maximum absolute atomic E-state index is 12.0. The number of hydrogen-bond acceptors (Lipinski definition) is 3. The number of alkyl halides is 3. The summed E-state index contributed by atoms with van der Waals surface area (Å²) in [4.78, 5) is 0. The van der Waals surface area contributed by atoms with E-state index in [0.29, 0.717) is 13.0 Å². The lowest BCUT2D eigenvalue weighted by Gasteiger charge is -2.36. The summed E-state index contributed by atoms with van der Waals surface area (Å²) in [5, 5.41) is 0. The quantitative estimate of drug-likeness (QED) is 0.856. The number of nitrogens with zero attached hydrogens (tertiary/aromatic N) is 1. The number of nitrogens with two attached hydrogens (primary N) is 1. The van der Waals surface area contributed by atoms with Gasteiger partial charge in [-0.25, -0.2) is 8.42 Å². The maximum atomic E-state index is 12.0. The molecular formula is C10H19F3N2O2S. The van der Waals surface area contributed by atoms with Crippen molar-refractivity contribution >= 4 is 10.0 Å². The molecule has 1 fully saturated rings. The summed E-state index contributed by atoms with van der Waals surface area (Å²) >= 11 is 0. The Balaban J connectivity index is 2.57. The minimum Gasteiger partial charge on any atom is -0.315 e. The van der Waals surface area contributed by atoms with E-state index >= 15 is 0 Å². The fraction of sp³-hybridized carbons (Fsp3) is 1.00. The molecule has 1 saturated heterocycles. The van der Waals surface area contributed by atoms with Gasteiger partial charge < -0.3 is 5.73 Å². The molecule has 4 nitrogen and oxygen atoms in total. The maximum Gasteiger partial charge on any atom is 0.389 e. The fourth-order valence-electron chi connectivity index (χ4n) is 2.07. The number of sulfonamides is 1. The smallest absolute Gasteiger partial charge is 0.315 e. The van der Waals surface area contributed by atoms with Crippen LogP contribution in [-0.4, -0.2) is 37.4 Å². The van der Waals surface area contributed by atoms with Crippen molar-refractivity contribution in [2.75, 3.05) is 12.3 Å². The minimum absolute atomic E-state index is 0.0381. The Kier molecular flexibility index (Phi) is 5.02. The van der Waals surface area contributed by atoms with Gasteiger partial charge in [0.25, 0.3) is 0 Å². The van der Waals surface area contributed by atoms with Crippen molar-refractivity contribution in [3.05, 3.63) is 0 Å². The Morgan fingerprint density at radius 2 is 2.00 bits per heavy atom. The van der Waals surface area contributed by atoms with Crippen LogP contribution in [0.5, 0.6) is 0 Å². The Bertz CT molecular complexity index is 370. The molecule has 108 valence electrons. The van der Waals surface area contributed by atoms with E-state index in [1.54, 1.807) is 0 Å². The molecule has 1 aliphatic rings. The fourth-order valence-corrected chi connectivity index (χ4v) is 3.80. The van der Waals surface area contributed by atoms with Gasteiger partial charge in [-0.15, -0.1) is 0 Å². The molecule has 8 heteroatoms. The molecule has 0 spiro atoms. The van der Waals surface area contributed by atoms with Gasteiger partial charge >= 0.3 is 6.18 Å². The molecule has 0 bridgehead atoms. The number of hydrogen-bond donors (Lipinski definition) is 1. The van der Waals surface area contributed by atoms with Crippen LogP contribution in [0.25, 0.3) is 0 Å². The van der Waals surface area contributed by atoms with Crippen LogP contribution in [0.4, 0.5) is 13.2 Å². The SMILES string of the molecule is CC1CCCN(S(=O)(=O)CCCC(F)(F)F)C1N. The molecule has 0 saturated carbocycles. The van der Waals surface area contributed by atoms with Gasteiger partial charge in [0.2, 0.25) is 10.0 Å². The van der Waals surface area contributed by atoms with E-state index in [1.807, 2.05) is 6.92 Å². The molecule has 18 heavy (non-hydrogen) atoms. The van der Waals surface area contributed by atoms with Crippen molar-refractivity contribution in [2.45, 2.75) is 44.9 Å². The van der Waals surface area contributed by atoms with Gasteiger partial charge in [-0.1, -0.05) is 6.92 Å². The van der Waals surface area contributed by atoms with Crippen LogP contribution in [0.1, 0.15) is 32.6 Å². The van der Waals surface area contributed by atoms with E-state index in [2.05, 4.69) is 0 Å². The zero-order valence-electron chi connectivity index (χ0n) is 10.3. The molecule has 2 atom stereocenters. The van der Waals surface area contributed by atoms with Crippen LogP contribution < -0.4 is 5.73 Å². The van der Waals surface area contributed by atoms with Crippen LogP contribution >= 0.6 is 0 Å². The molecule has 0 aromatic rings. The van der Waals surface area contributed by atoms with Crippen LogP contribution in [0.3, 0.4) is 0 Å². The second-order valence-corrected chi connectivity index (χ2v) is 6.80. The van der Waals surface area contributed by atoms with Crippen LogP contribution in [0, 0.1) is 5.92 Å². The third kappa shape index (κ3) is 4.40. The molecule has 1 rings (SSSR count). The van der Waals surface area contributed by atoms with Crippen molar-refractivity contribution in [2.24, 2.45) is 11.7 Å². The molecule has 1 aliphatic heterocycles. The summed E-state index contributed by atoms with van der Waals surface area (Å²) in [6.45, 7) is 2.15. The van der Waals surface area contributed by atoms with E-state index < -0.39 is 41.0 Å². The standard InChI is InChI=1S/C10H19F3N2O2S/c1-8-4-2-6-15(9(8)14)18(16,17)7-3-5-10(11,12)13/h8-9H,2-7,14H2,1H3. The first-order valence-corrected chi connectivity index (χ1v) is 7.56. The molecule has 0 amide bonds. The van der Waals surface area contributed by atoms with Crippen molar-refractivity contribution in [1.82, 2.24) is 4.31 Å². The highest BCUT2D eigenvalue weighted by molar-refractivity contribution is 7.89. The van der Waals surface area contributed by atoms with Crippen molar-refractivity contribution in [1.29, 1.82) is 0 Å². The van der Waals surface area contributed by atoms with Gasteiger partial charge in [-0.3, -0.25) is 0 Å². The van der Waals surface area contributed by atoms with Gasteiger partial charge in [-0.2, -0.15) is 17.5 Å². The molecule has 0 aromatic carbocycles. The first-order chi connectivity index (χ1) is 8.13. The van der Waals surface area contributed by atoms with E-state index in [1.165, 1.54) is 0 Å². The van der Waals surface area contributed by atoms with Crippen LogP contribution in [0.15, 0.2) is 0 Å². The predicted molar refractivity (Wildman–Crippen MR) is 62.2 cm³/mol. The van der Waals surface area contributed by atoms with Gasteiger partial charge in [-0.05, 0) is 25.2 Å². The van der Waals surface area contributed by atoms with Gasteiger partial charge in [0.05, 0.1) is 11.9 Å². The lowest BCUT2D eigenvalue weighted by Crippen LogP contribution is -2.53. The second kappa shape index (κ2) is 5.75. The average Bonchev–Trinajstić information content (AvgIpc) is 2.19. The van der Waals surface area contributed by atoms with Crippen molar-refractivity contribution in [3.8, 4) is 0 Å². The Labute approximate surface area is 105 Å². The van der Waals surface area contributed by atoms with Gasteiger partial charge in [0.1, 0.15) is 0 Å². The minimum atomic E-state index is -4.31. The summed E-state index contributed by atoms with van der Waals surface area (Å²) in [7, 11) is -3.68. The predicted octanol–water partition coefficient (Wildman–Crippen LogP) is 1.68. The summed E-state index contributed by atoms with van der Waals surface area (Å²) in [5.74, 6) is -0.455. The average molecular weight is 288 g/mol. The lowest BCUT2D eigenvalue weighted by atomic mass is 9.99. The van der Waals surface area contributed by atoms with Crippen molar-refractivity contribution in [3.63, 3.8) is 0 Å². The molecule has 2 unspecified atom stereocenters. The number of rotatable bonds is 4. The summed E-state index contributed by atoms with van der Waals surface area (Å²) in [6.07, 6.45) is -4.88.